The molecule has 2 aliphatic rings. The molecule has 1 aliphatic heterocycles. The van der Waals surface area contributed by atoms with Gasteiger partial charge < -0.3 is 19.5 Å². The number of nitrogens with one attached hydrogen (secondary N) is 1. The number of carbonyl (C=O) groups is 2. The minimum atomic E-state index is -0.664. The van der Waals surface area contributed by atoms with Crippen molar-refractivity contribution in [3.8, 4) is 11.5 Å². The first-order valence-electron chi connectivity index (χ1n) is 11.8. The van der Waals surface area contributed by atoms with Crippen LogP contribution in [-0.2, 0) is 14.3 Å². The average Bonchev–Trinajstić information content (AvgIpc) is 2.83. The summed E-state index contributed by atoms with van der Waals surface area (Å²) in [5.74, 6) is -0.518. The molecule has 0 bridgehead atoms. The lowest BCUT2D eigenvalue weighted by Gasteiger charge is -2.37. The van der Waals surface area contributed by atoms with E-state index in [0.29, 0.717) is 40.3 Å². The van der Waals surface area contributed by atoms with Gasteiger partial charge in [-0.3, -0.25) is 4.79 Å². The maximum atomic E-state index is 14.1. The topological polar surface area (TPSA) is 73.9 Å². The van der Waals surface area contributed by atoms with Crippen LogP contribution in [0.5, 0.6) is 11.5 Å². The fourth-order valence-electron chi connectivity index (χ4n) is 4.95. The molecule has 0 saturated heterocycles. The maximum absolute atomic E-state index is 14.1. The molecule has 36 heavy (non-hydrogen) atoms. The van der Waals surface area contributed by atoms with Gasteiger partial charge in [-0.15, -0.1) is 0 Å². The molecule has 0 amide bonds. The van der Waals surface area contributed by atoms with E-state index in [-0.39, 0.29) is 28.7 Å². The molecule has 1 aliphatic carbocycles. The Kier molecular flexibility index (Phi) is 7.54. The molecule has 0 spiro atoms. The zero-order chi connectivity index (χ0) is 26.1. The van der Waals surface area contributed by atoms with E-state index < -0.39 is 17.7 Å². The van der Waals surface area contributed by atoms with Crippen molar-refractivity contribution < 1.29 is 28.2 Å². The average molecular weight is 558 g/mol. The number of methoxy groups -OCH3 is 2. The molecule has 2 atom stereocenters. The van der Waals surface area contributed by atoms with Crippen LogP contribution in [0.4, 0.5) is 4.39 Å². The van der Waals surface area contributed by atoms with Crippen LogP contribution in [0, 0.1) is 5.82 Å². The van der Waals surface area contributed by atoms with E-state index >= 15 is 0 Å². The number of esters is 1. The van der Waals surface area contributed by atoms with E-state index in [1.54, 1.807) is 47.1 Å². The second kappa shape index (κ2) is 10.5. The second-order valence-corrected chi connectivity index (χ2v) is 10.1. The first kappa shape index (κ1) is 25.9. The Morgan fingerprint density at radius 3 is 2.39 bits per heavy atom. The number of benzene rings is 2. The van der Waals surface area contributed by atoms with Crippen molar-refractivity contribution in [2.75, 3.05) is 14.2 Å². The summed E-state index contributed by atoms with van der Waals surface area (Å²) in [7, 11) is 3.16. The van der Waals surface area contributed by atoms with Crippen molar-refractivity contribution in [2.24, 2.45) is 0 Å². The van der Waals surface area contributed by atoms with Crippen molar-refractivity contribution in [3.63, 3.8) is 0 Å². The zero-order valence-electron chi connectivity index (χ0n) is 20.9. The third-order valence-corrected chi connectivity index (χ3v) is 7.15. The minimum Gasteiger partial charge on any atom is -0.493 e. The quantitative estimate of drug-likeness (QED) is 0.444. The molecule has 2 unspecified atom stereocenters. The van der Waals surface area contributed by atoms with Crippen LogP contribution in [0.3, 0.4) is 0 Å². The highest BCUT2D eigenvalue weighted by molar-refractivity contribution is 9.10. The van der Waals surface area contributed by atoms with Gasteiger partial charge in [0.1, 0.15) is 5.82 Å². The highest BCUT2D eigenvalue weighted by Gasteiger charge is 2.41. The van der Waals surface area contributed by atoms with Gasteiger partial charge in [-0.25, -0.2) is 9.18 Å². The van der Waals surface area contributed by atoms with E-state index in [9.17, 15) is 14.0 Å². The number of rotatable bonds is 6. The molecule has 0 aromatic heterocycles. The summed E-state index contributed by atoms with van der Waals surface area (Å²) in [6.45, 7) is 5.35. The molecule has 1 N–H and O–H groups in total. The van der Waals surface area contributed by atoms with Gasteiger partial charge in [0.15, 0.2) is 17.3 Å². The Morgan fingerprint density at radius 2 is 1.75 bits per heavy atom. The van der Waals surface area contributed by atoms with E-state index in [1.807, 2.05) is 18.2 Å². The van der Waals surface area contributed by atoms with Crippen LogP contribution >= 0.6 is 15.9 Å². The fourth-order valence-corrected chi connectivity index (χ4v) is 5.35. The van der Waals surface area contributed by atoms with Crippen LogP contribution in [0.1, 0.15) is 56.6 Å². The maximum Gasteiger partial charge on any atom is 0.337 e. The lowest BCUT2D eigenvalue weighted by molar-refractivity contribution is -0.143. The van der Waals surface area contributed by atoms with Crippen LogP contribution in [0.2, 0.25) is 0 Å². The Hall–Kier alpha value is -3.13. The number of dihydropyridines is 1. The largest absolute Gasteiger partial charge is 0.493 e. The molecular weight excluding hydrogens is 529 g/mol. The molecule has 0 saturated carbocycles. The second-order valence-electron chi connectivity index (χ2n) is 9.26. The number of Topliss-reactive ketones (excluding diaryl/α,β-unsaturated/α-hetero) is 1. The predicted molar refractivity (Wildman–Crippen MR) is 137 cm³/mol. The van der Waals surface area contributed by atoms with Gasteiger partial charge in [0.05, 0.1) is 30.4 Å². The van der Waals surface area contributed by atoms with E-state index in [0.717, 1.165) is 11.3 Å². The number of hydrogen-bond acceptors (Lipinski definition) is 6. The molecule has 8 heteroatoms. The number of carbonyl (C=O) groups excluding carboxylic acids is 2. The number of ether oxygens (including phenoxy) is 3. The summed E-state index contributed by atoms with van der Waals surface area (Å²) < 4.78 is 30.7. The molecule has 6 nitrogen and oxygen atoms in total. The molecule has 2 aromatic rings. The molecule has 190 valence electrons. The number of halogens is 2. The summed E-state index contributed by atoms with van der Waals surface area (Å²) in [5.41, 5.74) is 3.86. The normalized spacial score (nSPS) is 19.7. The minimum absolute atomic E-state index is 0.0728. The summed E-state index contributed by atoms with van der Waals surface area (Å²) in [6, 6.07) is 10.2. The summed E-state index contributed by atoms with van der Waals surface area (Å²) >= 11 is 3.25. The number of ketones is 1. The molecule has 0 radical (unpaired) electrons. The van der Waals surface area contributed by atoms with Gasteiger partial charge in [0, 0.05) is 29.3 Å². The van der Waals surface area contributed by atoms with E-state index in [2.05, 4.69) is 21.2 Å². The lowest BCUT2D eigenvalue weighted by atomic mass is 9.71. The standard InChI is InChI=1S/C28H29BrFNO5/c1-14(2)36-28(33)25-15(3)31-21-11-18(16-7-9-23(34-4)24(13-16)35-5)12-22(32)27(21)26(25)17-6-8-20(30)19(29)10-17/h6-10,13-14,18,26,31H,11-12H2,1-5H3. The van der Waals surface area contributed by atoms with Crippen LogP contribution < -0.4 is 14.8 Å². The van der Waals surface area contributed by atoms with E-state index in [4.69, 9.17) is 14.2 Å². The van der Waals surface area contributed by atoms with Crippen LogP contribution in [-0.4, -0.2) is 32.1 Å². The Labute approximate surface area is 218 Å². The smallest absolute Gasteiger partial charge is 0.337 e. The van der Waals surface area contributed by atoms with E-state index in [1.165, 1.54) is 6.07 Å². The molecular formula is C28H29BrFNO5. The van der Waals surface area contributed by atoms with Crippen LogP contribution in [0.15, 0.2) is 63.4 Å². The number of hydrogen-bond donors (Lipinski definition) is 1. The van der Waals surface area contributed by atoms with Gasteiger partial charge in [0.25, 0.3) is 0 Å². The van der Waals surface area contributed by atoms with Crippen LogP contribution in [0.25, 0.3) is 0 Å². The molecule has 4 rings (SSSR count). The highest BCUT2D eigenvalue weighted by atomic mass is 79.9. The molecule has 1 heterocycles. The summed E-state index contributed by atoms with van der Waals surface area (Å²) in [5, 5.41) is 3.33. The Morgan fingerprint density at radius 1 is 1.06 bits per heavy atom. The predicted octanol–water partition coefficient (Wildman–Crippen LogP) is 5.92. The Bertz CT molecular complexity index is 1280. The van der Waals surface area contributed by atoms with Crippen molar-refractivity contribution in [1.29, 1.82) is 0 Å². The first-order valence-corrected chi connectivity index (χ1v) is 12.6. The Balaban J connectivity index is 1.79. The van der Waals surface area contributed by atoms with Gasteiger partial charge in [-0.1, -0.05) is 12.1 Å². The van der Waals surface area contributed by atoms with Crippen molar-refractivity contribution in [1.82, 2.24) is 5.32 Å². The first-order chi connectivity index (χ1) is 17.1. The third kappa shape index (κ3) is 4.91. The lowest BCUT2D eigenvalue weighted by Crippen LogP contribution is -2.36. The van der Waals surface area contributed by atoms with Crippen molar-refractivity contribution in [2.45, 2.75) is 51.6 Å². The van der Waals surface area contributed by atoms with Gasteiger partial charge in [0.2, 0.25) is 0 Å². The van der Waals surface area contributed by atoms with Gasteiger partial charge in [-0.2, -0.15) is 0 Å². The highest BCUT2D eigenvalue weighted by Crippen LogP contribution is 2.47. The van der Waals surface area contributed by atoms with Gasteiger partial charge >= 0.3 is 5.97 Å². The van der Waals surface area contributed by atoms with Crippen molar-refractivity contribution >= 4 is 27.7 Å². The monoisotopic (exact) mass is 557 g/mol. The summed E-state index contributed by atoms with van der Waals surface area (Å²) in [4.78, 5) is 26.9. The SMILES string of the molecule is COc1ccc(C2CC(=O)C3=C(C2)NC(C)=C(C(=O)OC(C)C)C3c2ccc(F)c(Br)c2)cc1OC. The third-order valence-electron chi connectivity index (χ3n) is 6.55. The summed E-state index contributed by atoms with van der Waals surface area (Å²) in [6.07, 6.45) is 0.505. The van der Waals surface area contributed by atoms with Gasteiger partial charge in [-0.05, 0) is 84.4 Å². The number of allylic oxidation sites excluding steroid dienone is 3. The van der Waals surface area contributed by atoms with Crippen molar-refractivity contribution in [3.05, 3.63) is 80.4 Å². The zero-order valence-corrected chi connectivity index (χ0v) is 22.5. The molecule has 2 aromatic carbocycles. The fraction of sp³-hybridized carbons (Fsp3) is 0.357. The molecule has 0 fully saturated rings.